The summed E-state index contributed by atoms with van der Waals surface area (Å²) in [6, 6.07) is 0.459. The molecule has 1 saturated heterocycles. The predicted octanol–water partition coefficient (Wildman–Crippen LogP) is 1.96. The van der Waals surface area contributed by atoms with Crippen molar-refractivity contribution in [2.45, 2.75) is 70.6 Å². The zero-order valence-electron chi connectivity index (χ0n) is 16.1. The fraction of sp³-hybridized carbons (Fsp3) is 0.944. The molecule has 0 aromatic heterocycles. The molecule has 0 aromatic rings. The molecule has 0 atom stereocenters. The Morgan fingerprint density at radius 1 is 1.32 bits per heavy atom. The van der Waals surface area contributed by atoms with Gasteiger partial charge in [-0.1, -0.05) is 0 Å². The lowest BCUT2D eigenvalue weighted by atomic mass is 9.80. The molecular formula is C18H37IN4O2. The molecule has 0 amide bonds. The Balaban J connectivity index is 0.00000312. The Morgan fingerprint density at radius 2 is 2.00 bits per heavy atom. The van der Waals surface area contributed by atoms with Crippen molar-refractivity contribution in [2.24, 2.45) is 4.99 Å². The average Bonchev–Trinajstić information content (AvgIpc) is 2.52. The number of aliphatic hydroxyl groups is 1. The molecule has 0 bridgehead atoms. The maximum atomic E-state index is 10.2. The maximum absolute atomic E-state index is 10.2. The molecule has 25 heavy (non-hydrogen) atoms. The number of likely N-dealkylation sites (tertiary alicyclic amines) is 1. The maximum Gasteiger partial charge on any atom is 0.191 e. The standard InChI is InChI=1S/C18H36N4O2.HI/c1-4-19-17(20-14-18(23)8-5-9-18)21-16-6-10-22(11-7-16)12-13-24-15(2)3;/h15-16,23H,4-14H2,1-3H3,(H2,19,20,21);1H. The van der Waals surface area contributed by atoms with Crippen LogP contribution < -0.4 is 10.6 Å². The minimum atomic E-state index is -0.553. The first-order valence-electron chi connectivity index (χ1n) is 9.62. The molecule has 1 aliphatic heterocycles. The highest BCUT2D eigenvalue weighted by Crippen LogP contribution is 2.31. The highest BCUT2D eigenvalue weighted by molar-refractivity contribution is 14.0. The molecule has 0 spiro atoms. The van der Waals surface area contributed by atoms with Crippen LogP contribution in [-0.4, -0.2) is 73.0 Å². The quantitative estimate of drug-likeness (QED) is 0.289. The summed E-state index contributed by atoms with van der Waals surface area (Å²) in [6.07, 6.45) is 5.44. The van der Waals surface area contributed by atoms with Crippen molar-refractivity contribution >= 4 is 29.9 Å². The van der Waals surface area contributed by atoms with Gasteiger partial charge >= 0.3 is 0 Å². The highest BCUT2D eigenvalue weighted by Gasteiger charge is 2.34. The number of hydrogen-bond acceptors (Lipinski definition) is 4. The van der Waals surface area contributed by atoms with Gasteiger partial charge in [0.1, 0.15) is 0 Å². The molecule has 2 rings (SSSR count). The number of halogens is 1. The van der Waals surface area contributed by atoms with Crippen molar-refractivity contribution in [1.82, 2.24) is 15.5 Å². The summed E-state index contributed by atoms with van der Waals surface area (Å²) >= 11 is 0. The number of rotatable bonds is 8. The first kappa shape index (κ1) is 22.9. The SMILES string of the molecule is CCNC(=NCC1(O)CCC1)NC1CCN(CCOC(C)C)CC1.I. The number of aliphatic imine (C=N–C) groups is 1. The van der Waals surface area contributed by atoms with Gasteiger partial charge in [0.2, 0.25) is 0 Å². The van der Waals surface area contributed by atoms with E-state index in [1.807, 2.05) is 0 Å². The van der Waals surface area contributed by atoms with E-state index in [4.69, 9.17) is 4.74 Å². The second-order valence-corrected chi connectivity index (χ2v) is 7.45. The van der Waals surface area contributed by atoms with Crippen molar-refractivity contribution in [1.29, 1.82) is 0 Å². The molecule has 0 radical (unpaired) electrons. The summed E-state index contributed by atoms with van der Waals surface area (Å²) in [5.41, 5.74) is -0.553. The number of hydrogen-bond donors (Lipinski definition) is 3. The van der Waals surface area contributed by atoms with Crippen molar-refractivity contribution in [3.8, 4) is 0 Å². The van der Waals surface area contributed by atoms with Crippen LogP contribution in [0, 0.1) is 0 Å². The van der Waals surface area contributed by atoms with Crippen molar-refractivity contribution < 1.29 is 9.84 Å². The van der Waals surface area contributed by atoms with Crippen molar-refractivity contribution in [3.63, 3.8) is 0 Å². The van der Waals surface area contributed by atoms with Crippen LogP contribution in [0.2, 0.25) is 0 Å². The van der Waals surface area contributed by atoms with Gasteiger partial charge in [-0.3, -0.25) is 4.99 Å². The van der Waals surface area contributed by atoms with Crippen LogP contribution in [0.1, 0.15) is 52.9 Å². The Kier molecular flexibility index (Phi) is 10.6. The van der Waals surface area contributed by atoms with Gasteiger partial charge in [0.05, 0.1) is 24.9 Å². The van der Waals surface area contributed by atoms with E-state index in [0.717, 1.165) is 70.8 Å². The van der Waals surface area contributed by atoms with Gasteiger partial charge in [-0.15, -0.1) is 24.0 Å². The average molecular weight is 468 g/mol. The van der Waals surface area contributed by atoms with Gasteiger partial charge in [0, 0.05) is 32.2 Å². The summed E-state index contributed by atoms with van der Waals surface area (Å²) in [4.78, 5) is 7.07. The second-order valence-electron chi connectivity index (χ2n) is 7.45. The number of guanidine groups is 1. The largest absolute Gasteiger partial charge is 0.388 e. The summed E-state index contributed by atoms with van der Waals surface area (Å²) in [6.45, 7) is 11.6. The van der Waals surface area contributed by atoms with Crippen LogP contribution in [0.4, 0.5) is 0 Å². The lowest BCUT2D eigenvalue weighted by molar-refractivity contribution is -0.0236. The van der Waals surface area contributed by atoms with Gasteiger partial charge in [-0.25, -0.2) is 0 Å². The molecule has 1 saturated carbocycles. The summed E-state index contributed by atoms with van der Waals surface area (Å²) in [5.74, 6) is 0.847. The third-order valence-electron chi connectivity index (χ3n) is 4.95. The van der Waals surface area contributed by atoms with E-state index in [0.29, 0.717) is 18.7 Å². The fourth-order valence-corrected chi connectivity index (χ4v) is 3.20. The zero-order chi connectivity index (χ0) is 17.4. The van der Waals surface area contributed by atoms with Gasteiger partial charge < -0.3 is 25.4 Å². The lowest BCUT2D eigenvalue weighted by Crippen LogP contribution is -2.50. The third kappa shape index (κ3) is 8.41. The molecule has 1 aliphatic carbocycles. The zero-order valence-corrected chi connectivity index (χ0v) is 18.4. The number of ether oxygens (including phenoxy) is 1. The van der Waals surface area contributed by atoms with Gasteiger partial charge in [-0.05, 0) is 52.9 Å². The minimum Gasteiger partial charge on any atom is -0.388 e. The fourth-order valence-electron chi connectivity index (χ4n) is 3.20. The van der Waals surface area contributed by atoms with E-state index in [-0.39, 0.29) is 24.0 Å². The Bertz CT molecular complexity index is 395. The Labute approximate surface area is 170 Å². The lowest BCUT2D eigenvalue weighted by Gasteiger charge is -2.36. The van der Waals surface area contributed by atoms with Crippen molar-refractivity contribution in [3.05, 3.63) is 0 Å². The van der Waals surface area contributed by atoms with Crippen LogP contribution >= 0.6 is 24.0 Å². The van der Waals surface area contributed by atoms with Gasteiger partial charge in [-0.2, -0.15) is 0 Å². The summed E-state index contributed by atoms with van der Waals surface area (Å²) in [7, 11) is 0. The second kappa shape index (κ2) is 11.6. The molecule has 2 fully saturated rings. The van der Waals surface area contributed by atoms with Gasteiger partial charge in [0.25, 0.3) is 0 Å². The molecule has 0 aromatic carbocycles. The van der Waals surface area contributed by atoms with Crippen LogP contribution in [0.25, 0.3) is 0 Å². The van der Waals surface area contributed by atoms with Crippen LogP contribution in [0.3, 0.4) is 0 Å². The van der Waals surface area contributed by atoms with Crippen molar-refractivity contribution in [2.75, 3.05) is 39.3 Å². The van der Waals surface area contributed by atoms with E-state index in [1.54, 1.807) is 0 Å². The topological polar surface area (TPSA) is 69.1 Å². The third-order valence-corrected chi connectivity index (χ3v) is 4.95. The molecule has 7 heteroatoms. The van der Waals surface area contributed by atoms with E-state index in [2.05, 4.69) is 41.3 Å². The Hall–Kier alpha value is -0.120. The highest BCUT2D eigenvalue weighted by atomic mass is 127. The smallest absolute Gasteiger partial charge is 0.191 e. The molecular weight excluding hydrogens is 431 g/mol. The van der Waals surface area contributed by atoms with E-state index in [1.165, 1.54) is 0 Å². The summed E-state index contributed by atoms with van der Waals surface area (Å²) in [5, 5.41) is 17.1. The molecule has 1 heterocycles. The molecule has 6 nitrogen and oxygen atoms in total. The van der Waals surface area contributed by atoms with Gasteiger partial charge in [0.15, 0.2) is 5.96 Å². The van der Waals surface area contributed by atoms with E-state index in [9.17, 15) is 5.11 Å². The van der Waals surface area contributed by atoms with Crippen LogP contribution in [0.15, 0.2) is 4.99 Å². The molecule has 0 unspecified atom stereocenters. The predicted molar refractivity (Wildman–Crippen MR) is 114 cm³/mol. The first-order valence-corrected chi connectivity index (χ1v) is 9.62. The van der Waals surface area contributed by atoms with Crippen LogP contribution in [0.5, 0.6) is 0 Å². The summed E-state index contributed by atoms with van der Waals surface area (Å²) < 4.78 is 5.64. The monoisotopic (exact) mass is 468 g/mol. The molecule has 2 aliphatic rings. The molecule has 3 N–H and O–H groups in total. The number of nitrogens with one attached hydrogen (secondary N) is 2. The number of nitrogens with zero attached hydrogens (tertiary/aromatic N) is 2. The Morgan fingerprint density at radius 3 is 2.52 bits per heavy atom. The molecule has 148 valence electrons. The minimum absolute atomic E-state index is 0. The van der Waals surface area contributed by atoms with E-state index < -0.39 is 5.60 Å². The van der Waals surface area contributed by atoms with Crippen LogP contribution in [-0.2, 0) is 4.74 Å². The van der Waals surface area contributed by atoms with E-state index >= 15 is 0 Å². The normalized spacial score (nSPS) is 21.6. The number of piperidine rings is 1. The first-order chi connectivity index (χ1) is 11.5.